The standard InChI is InChI=1S/C16H14N2OSe/c19-15-14(13-9-5-2-6-10-13)20-16(18-15)17-11-12-7-3-1-4-8-12/h1-10,14H,11H2,(H,17,18,19). The van der Waals surface area contributed by atoms with Gasteiger partial charge in [-0.1, -0.05) is 0 Å². The van der Waals surface area contributed by atoms with Gasteiger partial charge in [0.15, 0.2) is 0 Å². The number of rotatable bonds is 3. The van der Waals surface area contributed by atoms with Gasteiger partial charge in [0.05, 0.1) is 0 Å². The summed E-state index contributed by atoms with van der Waals surface area (Å²) in [5, 5.41) is 2.91. The van der Waals surface area contributed by atoms with E-state index >= 15 is 0 Å². The number of hydrogen-bond acceptors (Lipinski definition) is 2. The van der Waals surface area contributed by atoms with E-state index in [1.165, 1.54) is 0 Å². The molecule has 0 spiro atoms. The fourth-order valence-corrected chi connectivity index (χ4v) is 4.09. The van der Waals surface area contributed by atoms with E-state index in [4.69, 9.17) is 0 Å². The molecular weight excluding hydrogens is 315 g/mol. The van der Waals surface area contributed by atoms with Crippen LogP contribution in [0.15, 0.2) is 65.7 Å². The van der Waals surface area contributed by atoms with Crippen LogP contribution in [0, 0.1) is 0 Å². The molecule has 1 N–H and O–H groups in total. The van der Waals surface area contributed by atoms with Crippen LogP contribution in [-0.2, 0) is 11.3 Å². The van der Waals surface area contributed by atoms with Gasteiger partial charge in [-0.15, -0.1) is 0 Å². The normalized spacial score (nSPS) is 20.1. The number of aliphatic imine (C=N–C) groups is 1. The quantitative estimate of drug-likeness (QED) is 0.861. The van der Waals surface area contributed by atoms with Crippen molar-refractivity contribution in [3.63, 3.8) is 0 Å². The Balaban J connectivity index is 1.71. The topological polar surface area (TPSA) is 41.5 Å². The number of carbonyl (C=O) groups excluding carboxylic acids is 1. The fraction of sp³-hybridized carbons (Fsp3) is 0.125. The summed E-state index contributed by atoms with van der Waals surface area (Å²) in [6, 6.07) is 20.0. The van der Waals surface area contributed by atoms with E-state index in [1.807, 2.05) is 60.7 Å². The SMILES string of the molecule is O=C1NC(=NCc2ccccc2)[Se]C1c1ccccc1. The van der Waals surface area contributed by atoms with Gasteiger partial charge >= 0.3 is 124 Å². The summed E-state index contributed by atoms with van der Waals surface area (Å²) in [6.07, 6.45) is 0. The molecule has 0 bridgehead atoms. The van der Waals surface area contributed by atoms with Crippen molar-refractivity contribution in [3.8, 4) is 0 Å². The zero-order valence-electron chi connectivity index (χ0n) is 10.8. The Labute approximate surface area is 124 Å². The number of hydrogen-bond donors (Lipinski definition) is 1. The van der Waals surface area contributed by atoms with Crippen molar-refractivity contribution in [1.82, 2.24) is 5.32 Å². The summed E-state index contributed by atoms with van der Waals surface area (Å²) in [5.74, 6) is 0.0722. The molecule has 1 aliphatic rings. The molecule has 0 radical (unpaired) electrons. The number of nitrogens with zero attached hydrogens (tertiary/aromatic N) is 1. The summed E-state index contributed by atoms with van der Waals surface area (Å²) in [5.41, 5.74) is 2.24. The van der Waals surface area contributed by atoms with Crippen LogP contribution >= 0.6 is 0 Å². The van der Waals surface area contributed by atoms with Crippen LogP contribution < -0.4 is 5.32 Å². The molecule has 4 heteroatoms. The number of carbonyl (C=O) groups is 1. The van der Waals surface area contributed by atoms with Crippen molar-refractivity contribution < 1.29 is 4.79 Å². The molecule has 20 heavy (non-hydrogen) atoms. The third-order valence-electron chi connectivity index (χ3n) is 3.05. The van der Waals surface area contributed by atoms with E-state index in [9.17, 15) is 4.79 Å². The number of nitrogens with one attached hydrogen (secondary N) is 1. The number of benzene rings is 2. The Morgan fingerprint density at radius 3 is 2.35 bits per heavy atom. The van der Waals surface area contributed by atoms with E-state index in [2.05, 4.69) is 10.3 Å². The average molecular weight is 329 g/mol. The summed E-state index contributed by atoms with van der Waals surface area (Å²) in [4.78, 5) is 16.5. The van der Waals surface area contributed by atoms with Crippen LogP contribution in [0.3, 0.4) is 0 Å². The molecule has 0 aromatic heterocycles. The summed E-state index contributed by atoms with van der Waals surface area (Å²) >= 11 is 0.0488. The van der Waals surface area contributed by atoms with Gasteiger partial charge < -0.3 is 0 Å². The van der Waals surface area contributed by atoms with E-state index in [1.54, 1.807) is 0 Å². The van der Waals surface area contributed by atoms with Gasteiger partial charge in [0.2, 0.25) is 0 Å². The molecule has 1 amide bonds. The molecule has 1 heterocycles. The third-order valence-corrected chi connectivity index (χ3v) is 5.52. The average Bonchev–Trinajstić information content (AvgIpc) is 2.88. The van der Waals surface area contributed by atoms with Crippen LogP contribution in [0.25, 0.3) is 0 Å². The van der Waals surface area contributed by atoms with Crippen molar-refractivity contribution in [3.05, 3.63) is 71.8 Å². The van der Waals surface area contributed by atoms with Crippen LogP contribution in [0.4, 0.5) is 0 Å². The zero-order valence-corrected chi connectivity index (χ0v) is 12.5. The van der Waals surface area contributed by atoms with Gasteiger partial charge in [-0.3, -0.25) is 0 Å². The second-order valence-electron chi connectivity index (χ2n) is 4.50. The molecule has 3 rings (SSSR count). The zero-order chi connectivity index (χ0) is 13.8. The summed E-state index contributed by atoms with van der Waals surface area (Å²) in [6.45, 7) is 0.625. The van der Waals surface area contributed by atoms with E-state index in [0.717, 1.165) is 15.9 Å². The number of amides is 1. The van der Waals surface area contributed by atoms with Gasteiger partial charge in [-0.05, 0) is 0 Å². The van der Waals surface area contributed by atoms with Crippen LogP contribution in [-0.4, -0.2) is 25.6 Å². The van der Waals surface area contributed by atoms with Gasteiger partial charge in [0, 0.05) is 0 Å². The number of amidine groups is 1. The summed E-state index contributed by atoms with van der Waals surface area (Å²) in [7, 11) is 0. The first-order valence-electron chi connectivity index (χ1n) is 6.44. The monoisotopic (exact) mass is 330 g/mol. The van der Waals surface area contributed by atoms with Gasteiger partial charge in [-0.2, -0.15) is 0 Å². The summed E-state index contributed by atoms with van der Waals surface area (Å²) < 4.78 is 0.847. The Hall–Kier alpha value is -1.90. The van der Waals surface area contributed by atoms with Crippen molar-refractivity contribution >= 4 is 25.6 Å². The van der Waals surface area contributed by atoms with Crippen LogP contribution in [0.1, 0.15) is 15.9 Å². The predicted molar refractivity (Wildman–Crippen MR) is 80.7 cm³/mol. The van der Waals surface area contributed by atoms with Crippen LogP contribution in [0.5, 0.6) is 0 Å². The molecule has 1 aliphatic heterocycles. The Bertz CT molecular complexity index is 625. The molecule has 0 saturated carbocycles. The molecular formula is C16H14N2OSe. The predicted octanol–water partition coefficient (Wildman–Crippen LogP) is 2.12. The second-order valence-corrected chi connectivity index (χ2v) is 6.80. The van der Waals surface area contributed by atoms with E-state index < -0.39 is 0 Å². The van der Waals surface area contributed by atoms with Crippen molar-refractivity contribution in [2.45, 2.75) is 11.4 Å². The fourth-order valence-electron chi connectivity index (χ4n) is 2.04. The molecule has 2 aromatic carbocycles. The first kappa shape index (κ1) is 13.1. The van der Waals surface area contributed by atoms with Gasteiger partial charge in [-0.25, -0.2) is 0 Å². The Morgan fingerprint density at radius 1 is 1.00 bits per heavy atom. The minimum atomic E-state index is -0.0433. The molecule has 2 aromatic rings. The van der Waals surface area contributed by atoms with Crippen LogP contribution in [0.2, 0.25) is 0 Å². The molecule has 0 aliphatic carbocycles. The second kappa shape index (κ2) is 6.04. The molecule has 3 nitrogen and oxygen atoms in total. The van der Waals surface area contributed by atoms with E-state index in [0.29, 0.717) is 6.54 Å². The minimum absolute atomic E-state index is 0.0433. The molecule has 1 unspecified atom stereocenters. The molecule has 1 fully saturated rings. The first-order chi connectivity index (χ1) is 9.83. The maximum absolute atomic E-state index is 12.0. The maximum atomic E-state index is 12.0. The molecule has 1 saturated heterocycles. The van der Waals surface area contributed by atoms with Gasteiger partial charge in [0.25, 0.3) is 0 Å². The Kier molecular flexibility index (Phi) is 3.95. The third kappa shape index (κ3) is 2.98. The Morgan fingerprint density at radius 2 is 1.65 bits per heavy atom. The molecule has 1 atom stereocenters. The first-order valence-corrected chi connectivity index (χ1v) is 8.28. The van der Waals surface area contributed by atoms with Crippen molar-refractivity contribution in [1.29, 1.82) is 0 Å². The van der Waals surface area contributed by atoms with Gasteiger partial charge in [0.1, 0.15) is 0 Å². The molecule has 100 valence electrons. The van der Waals surface area contributed by atoms with Crippen molar-refractivity contribution in [2.24, 2.45) is 4.99 Å². The van der Waals surface area contributed by atoms with E-state index in [-0.39, 0.29) is 25.7 Å². The van der Waals surface area contributed by atoms with Crippen molar-refractivity contribution in [2.75, 3.05) is 0 Å².